The number of thioether (sulfide) groups is 1. The van der Waals surface area contributed by atoms with Crippen LogP contribution in [0.15, 0.2) is 0 Å². The molecule has 0 radical (unpaired) electrons. The van der Waals surface area contributed by atoms with Crippen LogP contribution in [-0.4, -0.2) is 48.9 Å². The molecule has 3 rings (SSSR count). The number of sulfone groups is 1. The number of carbonyl (C=O) groups excluding carboxylic acids is 1. The van der Waals surface area contributed by atoms with Crippen molar-refractivity contribution in [3.63, 3.8) is 0 Å². The van der Waals surface area contributed by atoms with E-state index in [1.807, 2.05) is 11.8 Å². The fraction of sp³-hybridized carbons (Fsp3) is 0.929. The lowest BCUT2D eigenvalue weighted by Crippen LogP contribution is -2.46. The predicted octanol–water partition coefficient (Wildman–Crippen LogP) is 1.83. The van der Waals surface area contributed by atoms with Gasteiger partial charge in [-0.05, 0) is 37.9 Å². The Bertz CT molecular complexity index is 479. The van der Waals surface area contributed by atoms with Gasteiger partial charge in [-0.15, -0.1) is 0 Å². The zero-order chi connectivity index (χ0) is 14.2. The largest absolute Gasteiger partial charge is 0.374 e. The van der Waals surface area contributed by atoms with E-state index in [-0.39, 0.29) is 23.1 Å². The number of rotatable bonds is 2. The highest BCUT2D eigenvalue weighted by molar-refractivity contribution is 7.99. The normalized spacial score (nSPS) is 40.8. The van der Waals surface area contributed by atoms with Crippen molar-refractivity contribution in [1.82, 2.24) is 0 Å². The summed E-state index contributed by atoms with van der Waals surface area (Å²) in [5, 5.41) is -0.731. The summed E-state index contributed by atoms with van der Waals surface area (Å²) in [5.41, 5.74) is -0.151. The third-order valence-corrected chi connectivity index (χ3v) is 8.27. The lowest BCUT2D eigenvalue weighted by Gasteiger charge is -2.38. The van der Waals surface area contributed by atoms with Gasteiger partial charge in [-0.25, -0.2) is 8.42 Å². The van der Waals surface area contributed by atoms with Gasteiger partial charge in [0.25, 0.3) is 0 Å². The highest BCUT2D eigenvalue weighted by Gasteiger charge is 2.46. The molecule has 3 aliphatic rings. The van der Waals surface area contributed by atoms with Gasteiger partial charge in [0.1, 0.15) is 5.25 Å². The predicted molar refractivity (Wildman–Crippen MR) is 79.8 cm³/mol. The lowest BCUT2D eigenvalue weighted by atomic mass is 9.81. The van der Waals surface area contributed by atoms with Crippen molar-refractivity contribution < 1.29 is 17.9 Å². The molecule has 1 spiro atoms. The van der Waals surface area contributed by atoms with Crippen LogP contribution in [-0.2, 0) is 19.4 Å². The average molecular weight is 318 g/mol. The van der Waals surface area contributed by atoms with Crippen molar-refractivity contribution in [1.29, 1.82) is 0 Å². The van der Waals surface area contributed by atoms with Crippen LogP contribution in [0, 0.1) is 5.92 Å². The van der Waals surface area contributed by atoms with E-state index in [9.17, 15) is 13.2 Å². The molecule has 3 unspecified atom stereocenters. The van der Waals surface area contributed by atoms with E-state index < -0.39 is 15.1 Å². The first-order valence-corrected chi connectivity index (χ1v) is 10.4. The maximum absolute atomic E-state index is 12.7. The monoisotopic (exact) mass is 318 g/mol. The molecule has 6 heteroatoms. The molecule has 0 aromatic heterocycles. The molecular formula is C14H22O4S2. The van der Waals surface area contributed by atoms with Crippen LogP contribution in [0.5, 0.6) is 0 Å². The summed E-state index contributed by atoms with van der Waals surface area (Å²) in [7, 11) is -3.20. The minimum absolute atomic E-state index is 0.0238. The van der Waals surface area contributed by atoms with E-state index in [2.05, 4.69) is 0 Å². The van der Waals surface area contributed by atoms with Gasteiger partial charge in [-0.2, -0.15) is 11.8 Å². The van der Waals surface area contributed by atoms with Gasteiger partial charge in [-0.1, -0.05) is 6.42 Å². The zero-order valence-electron chi connectivity index (χ0n) is 11.7. The van der Waals surface area contributed by atoms with Crippen molar-refractivity contribution in [3.8, 4) is 0 Å². The van der Waals surface area contributed by atoms with Crippen LogP contribution >= 0.6 is 11.8 Å². The third kappa shape index (κ3) is 2.79. The zero-order valence-corrected chi connectivity index (χ0v) is 13.3. The number of Topliss-reactive ketones (excluding diaryl/α,β-unsaturated/α-hetero) is 1. The van der Waals surface area contributed by atoms with Crippen molar-refractivity contribution in [2.24, 2.45) is 5.92 Å². The van der Waals surface area contributed by atoms with Crippen molar-refractivity contribution >= 4 is 27.4 Å². The van der Waals surface area contributed by atoms with E-state index in [0.29, 0.717) is 25.9 Å². The molecule has 0 saturated carbocycles. The van der Waals surface area contributed by atoms with E-state index in [1.54, 1.807) is 0 Å². The van der Waals surface area contributed by atoms with Gasteiger partial charge in [0.2, 0.25) is 0 Å². The lowest BCUT2D eigenvalue weighted by molar-refractivity contribution is -0.133. The summed E-state index contributed by atoms with van der Waals surface area (Å²) < 4.78 is 30.2. The van der Waals surface area contributed by atoms with Crippen LogP contribution < -0.4 is 0 Å². The first-order chi connectivity index (χ1) is 9.53. The quantitative estimate of drug-likeness (QED) is 0.777. The molecular weight excluding hydrogens is 296 g/mol. The molecule has 20 heavy (non-hydrogen) atoms. The first-order valence-electron chi connectivity index (χ1n) is 7.49. The molecule has 3 atom stereocenters. The SMILES string of the molecule is O=C(C1CCOC2(CCSC2)C1)C1CCCCS1(=O)=O. The fourth-order valence-corrected chi connectivity index (χ4v) is 7.01. The maximum atomic E-state index is 12.7. The second-order valence-corrected chi connectivity index (χ2v) is 9.69. The Morgan fingerprint density at radius 3 is 2.80 bits per heavy atom. The molecule has 0 amide bonds. The Morgan fingerprint density at radius 2 is 2.10 bits per heavy atom. The van der Waals surface area contributed by atoms with Crippen LogP contribution in [0.25, 0.3) is 0 Å². The summed E-state index contributed by atoms with van der Waals surface area (Å²) in [6.07, 6.45) is 4.52. The summed E-state index contributed by atoms with van der Waals surface area (Å²) in [6.45, 7) is 0.601. The highest BCUT2D eigenvalue weighted by Crippen LogP contribution is 2.41. The van der Waals surface area contributed by atoms with Crippen LogP contribution in [0.3, 0.4) is 0 Å². The Hall–Kier alpha value is -0.0700. The van der Waals surface area contributed by atoms with Crippen LogP contribution in [0.4, 0.5) is 0 Å². The topological polar surface area (TPSA) is 60.4 Å². The number of hydrogen-bond acceptors (Lipinski definition) is 5. The Kier molecular flexibility index (Phi) is 4.17. The molecule has 3 saturated heterocycles. The van der Waals surface area contributed by atoms with Crippen LogP contribution in [0.1, 0.15) is 38.5 Å². The maximum Gasteiger partial charge on any atom is 0.160 e. The van der Waals surface area contributed by atoms with E-state index >= 15 is 0 Å². The number of ether oxygens (including phenoxy) is 1. The number of hydrogen-bond donors (Lipinski definition) is 0. The standard InChI is InChI=1S/C14H22O4S2/c15-13(12-3-1-2-8-20(12,16)17)11-4-6-18-14(9-11)5-7-19-10-14/h11-12H,1-10H2. The molecule has 0 bridgehead atoms. The molecule has 114 valence electrons. The van der Waals surface area contributed by atoms with Crippen molar-refractivity contribution in [2.45, 2.75) is 49.4 Å². The van der Waals surface area contributed by atoms with E-state index in [4.69, 9.17) is 4.74 Å². The summed E-state index contributed by atoms with van der Waals surface area (Å²) in [5.74, 6) is 2.09. The van der Waals surface area contributed by atoms with Gasteiger partial charge in [0.15, 0.2) is 15.6 Å². The van der Waals surface area contributed by atoms with Gasteiger partial charge in [0.05, 0.1) is 11.4 Å². The highest BCUT2D eigenvalue weighted by atomic mass is 32.2. The minimum Gasteiger partial charge on any atom is -0.374 e. The van der Waals surface area contributed by atoms with E-state index in [1.165, 1.54) is 0 Å². The Morgan fingerprint density at radius 1 is 1.25 bits per heavy atom. The van der Waals surface area contributed by atoms with Gasteiger partial charge in [-0.3, -0.25) is 4.79 Å². The Labute approximate surface area is 124 Å². The minimum atomic E-state index is -3.20. The Balaban J connectivity index is 1.73. The van der Waals surface area contributed by atoms with Gasteiger partial charge >= 0.3 is 0 Å². The smallest absolute Gasteiger partial charge is 0.160 e. The second-order valence-electron chi connectivity index (χ2n) is 6.28. The summed E-state index contributed by atoms with van der Waals surface area (Å²) in [4.78, 5) is 12.7. The van der Waals surface area contributed by atoms with Gasteiger partial charge < -0.3 is 4.74 Å². The first kappa shape index (κ1) is 14.9. The van der Waals surface area contributed by atoms with Crippen LogP contribution in [0.2, 0.25) is 0 Å². The molecule has 3 fully saturated rings. The molecule has 0 aliphatic carbocycles. The third-order valence-electron chi connectivity index (χ3n) is 4.86. The van der Waals surface area contributed by atoms with Gasteiger partial charge in [0, 0.05) is 18.3 Å². The van der Waals surface area contributed by atoms with E-state index in [0.717, 1.165) is 30.8 Å². The summed E-state index contributed by atoms with van der Waals surface area (Å²) >= 11 is 1.87. The fourth-order valence-electron chi connectivity index (χ4n) is 3.67. The molecule has 0 N–H and O–H groups in total. The molecule has 4 nitrogen and oxygen atoms in total. The molecule has 3 aliphatic heterocycles. The number of ketones is 1. The molecule has 0 aromatic carbocycles. The summed E-state index contributed by atoms with van der Waals surface area (Å²) in [6, 6.07) is 0. The molecule has 3 heterocycles. The average Bonchev–Trinajstić information content (AvgIpc) is 2.85. The number of carbonyl (C=O) groups is 1. The second kappa shape index (κ2) is 5.61. The van der Waals surface area contributed by atoms with Crippen molar-refractivity contribution in [3.05, 3.63) is 0 Å². The van der Waals surface area contributed by atoms with Crippen molar-refractivity contribution in [2.75, 3.05) is 23.9 Å². The molecule has 0 aromatic rings.